The minimum absolute atomic E-state index is 0. The topological polar surface area (TPSA) is 70.7 Å². The van der Waals surface area contributed by atoms with Crippen molar-refractivity contribution in [2.75, 3.05) is 0 Å². The smallest absolute Gasteiger partial charge is 0.219 e. The molecule has 0 fully saturated rings. The van der Waals surface area contributed by atoms with Crippen molar-refractivity contribution in [2.24, 2.45) is 0 Å². The van der Waals surface area contributed by atoms with E-state index < -0.39 is 0 Å². The van der Waals surface area contributed by atoms with E-state index in [-0.39, 0.29) is 24.0 Å². The van der Waals surface area contributed by atoms with Crippen molar-refractivity contribution in [1.29, 1.82) is 0 Å². The van der Waals surface area contributed by atoms with Gasteiger partial charge in [-0.3, -0.25) is 9.38 Å². The summed E-state index contributed by atoms with van der Waals surface area (Å²) in [5.74, 6) is 0.326. The van der Waals surface area contributed by atoms with Crippen LogP contribution in [0.1, 0.15) is 11.3 Å². The van der Waals surface area contributed by atoms with Gasteiger partial charge in [0.2, 0.25) is 5.88 Å². The maximum atomic E-state index is 10.5. The summed E-state index contributed by atoms with van der Waals surface area (Å²) in [5.41, 5.74) is 3.85. The van der Waals surface area contributed by atoms with E-state index >= 15 is 0 Å². The second kappa shape index (κ2) is 6.83. The molecule has 4 aromatic rings. The molecular formula is C19H16ClN3O2. The zero-order chi connectivity index (χ0) is 16.5. The first-order chi connectivity index (χ1) is 11.7. The Morgan fingerprint density at radius 1 is 0.920 bits per heavy atom. The summed E-state index contributed by atoms with van der Waals surface area (Å²) in [6, 6.07) is 16.7. The molecule has 0 amide bonds. The van der Waals surface area contributed by atoms with E-state index in [1.54, 1.807) is 41.1 Å². The lowest BCUT2D eigenvalue weighted by atomic mass is 10.1. The van der Waals surface area contributed by atoms with Gasteiger partial charge in [0.25, 0.3) is 0 Å². The number of phenolic OH excluding ortho intramolecular Hbond substituents is 1. The van der Waals surface area contributed by atoms with Crippen LogP contribution < -0.4 is 0 Å². The quantitative estimate of drug-likeness (QED) is 0.587. The molecule has 126 valence electrons. The van der Waals surface area contributed by atoms with Crippen molar-refractivity contribution < 1.29 is 10.2 Å². The highest BCUT2D eigenvalue weighted by Gasteiger charge is 2.13. The van der Waals surface area contributed by atoms with Gasteiger partial charge in [-0.05, 0) is 29.8 Å². The van der Waals surface area contributed by atoms with Gasteiger partial charge in [-0.2, -0.15) is 0 Å². The molecule has 0 saturated heterocycles. The van der Waals surface area contributed by atoms with Crippen molar-refractivity contribution >= 4 is 18.1 Å². The number of phenols is 1. The summed E-state index contributed by atoms with van der Waals surface area (Å²) in [5, 5.41) is 19.9. The number of rotatable bonds is 3. The van der Waals surface area contributed by atoms with Crippen molar-refractivity contribution in [2.45, 2.75) is 6.42 Å². The Morgan fingerprint density at radius 3 is 2.36 bits per heavy atom. The van der Waals surface area contributed by atoms with Crippen LogP contribution in [0.15, 0.2) is 67.0 Å². The molecule has 0 bridgehead atoms. The number of aromatic nitrogens is 3. The van der Waals surface area contributed by atoms with E-state index in [1.807, 2.05) is 30.3 Å². The minimum atomic E-state index is 0. The Balaban J connectivity index is 0.00000182. The Bertz CT molecular complexity index is 999. The fraction of sp³-hybridized carbons (Fsp3) is 0.0526. The molecule has 2 aromatic carbocycles. The first-order valence-corrected chi connectivity index (χ1v) is 7.60. The Labute approximate surface area is 150 Å². The average molecular weight is 354 g/mol. The number of aromatic hydroxyl groups is 2. The molecule has 0 unspecified atom stereocenters. The van der Waals surface area contributed by atoms with E-state index in [0.29, 0.717) is 23.5 Å². The molecule has 0 atom stereocenters. The van der Waals surface area contributed by atoms with Crippen LogP contribution >= 0.6 is 12.4 Å². The zero-order valence-corrected chi connectivity index (χ0v) is 14.0. The molecule has 2 N–H and O–H groups in total. The van der Waals surface area contributed by atoms with Gasteiger partial charge >= 0.3 is 0 Å². The van der Waals surface area contributed by atoms with Crippen molar-refractivity contribution in [3.05, 3.63) is 78.2 Å². The lowest BCUT2D eigenvalue weighted by Gasteiger charge is -2.03. The lowest BCUT2D eigenvalue weighted by molar-refractivity contribution is 0.442. The molecule has 0 aliphatic rings. The fourth-order valence-electron chi connectivity index (χ4n) is 2.68. The maximum absolute atomic E-state index is 10.5. The molecule has 25 heavy (non-hydrogen) atoms. The van der Waals surface area contributed by atoms with Crippen molar-refractivity contribution in [3.63, 3.8) is 0 Å². The number of halogens is 1. The summed E-state index contributed by atoms with van der Waals surface area (Å²) in [4.78, 5) is 8.86. The molecule has 2 aromatic heterocycles. The number of hydrogen-bond donors (Lipinski definition) is 2. The molecule has 0 saturated carbocycles. The van der Waals surface area contributed by atoms with Crippen molar-refractivity contribution in [3.8, 4) is 22.9 Å². The van der Waals surface area contributed by atoms with Crippen LogP contribution in [0.4, 0.5) is 0 Å². The van der Waals surface area contributed by atoms with E-state index in [0.717, 1.165) is 11.1 Å². The third kappa shape index (κ3) is 3.27. The van der Waals surface area contributed by atoms with Crippen LogP contribution in [0.5, 0.6) is 11.6 Å². The average Bonchev–Trinajstić information content (AvgIpc) is 2.92. The normalized spacial score (nSPS) is 10.6. The summed E-state index contributed by atoms with van der Waals surface area (Å²) in [6.45, 7) is 0. The van der Waals surface area contributed by atoms with Gasteiger partial charge in [-0.25, -0.2) is 4.98 Å². The van der Waals surface area contributed by atoms with Crippen LogP contribution in [-0.4, -0.2) is 24.6 Å². The fourth-order valence-corrected chi connectivity index (χ4v) is 2.68. The Hall–Kier alpha value is -3.05. The van der Waals surface area contributed by atoms with Gasteiger partial charge in [0.05, 0.1) is 11.9 Å². The van der Waals surface area contributed by atoms with Crippen molar-refractivity contribution in [1.82, 2.24) is 14.4 Å². The predicted octanol–water partition coefficient (Wildman–Crippen LogP) is 3.82. The van der Waals surface area contributed by atoms with E-state index in [2.05, 4.69) is 9.97 Å². The predicted molar refractivity (Wildman–Crippen MR) is 98.2 cm³/mol. The molecule has 4 rings (SSSR count). The molecule has 0 aliphatic heterocycles. The highest BCUT2D eigenvalue weighted by atomic mass is 35.5. The third-order valence-corrected chi connectivity index (χ3v) is 3.93. The highest BCUT2D eigenvalue weighted by Crippen LogP contribution is 2.25. The van der Waals surface area contributed by atoms with E-state index in [4.69, 9.17) is 0 Å². The van der Waals surface area contributed by atoms with Gasteiger partial charge in [0.15, 0.2) is 5.65 Å². The van der Waals surface area contributed by atoms with Gasteiger partial charge in [-0.15, -0.1) is 12.4 Å². The largest absolute Gasteiger partial charge is 0.508 e. The highest BCUT2D eigenvalue weighted by molar-refractivity contribution is 5.85. The number of nitrogens with zero attached hydrogens (tertiary/aromatic N) is 3. The van der Waals surface area contributed by atoms with Gasteiger partial charge in [0.1, 0.15) is 11.4 Å². The van der Waals surface area contributed by atoms with Crippen LogP contribution in [0, 0.1) is 0 Å². The molecule has 0 radical (unpaired) electrons. The molecule has 0 aliphatic carbocycles. The maximum Gasteiger partial charge on any atom is 0.219 e. The minimum Gasteiger partial charge on any atom is -0.508 e. The molecular weight excluding hydrogens is 338 g/mol. The number of imidazole rings is 1. The van der Waals surface area contributed by atoms with Crippen LogP contribution in [0.3, 0.4) is 0 Å². The molecule has 6 heteroatoms. The first-order valence-electron chi connectivity index (χ1n) is 7.60. The summed E-state index contributed by atoms with van der Waals surface area (Å²) in [6.07, 6.45) is 3.94. The van der Waals surface area contributed by atoms with Gasteiger partial charge < -0.3 is 10.2 Å². The summed E-state index contributed by atoms with van der Waals surface area (Å²) >= 11 is 0. The molecule has 5 nitrogen and oxygen atoms in total. The second-order valence-corrected chi connectivity index (χ2v) is 5.59. The number of fused-ring (bicyclic) bond motifs is 1. The van der Waals surface area contributed by atoms with Gasteiger partial charge in [-0.1, -0.05) is 30.3 Å². The summed E-state index contributed by atoms with van der Waals surface area (Å²) < 4.78 is 1.63. The zero-order valence-electron chi connectivity index (χ0n) is 13.2. The molecule has 0 spiro atoms. The number of benzene rings is 2. The van der Waals surface area contributed by atoms with E-state index in [1.165, 1.54) is 0 Å². The first kappa shape index (κ1) is 16.8. The Morgan fingerprint density at radius 2 is 1.64 bits per heavy atom. The second-order valence-electron chi connectivity index (χ2n) is 5.59. The SMILES string of the molecule is Cl.Oc1ccc(-c2cn3c(O)c(Cc4ccccc4)nc3cn2)cc1. The molecule has 2 heterocycles. The van der Waals surface area contributed by atoms with Gasteiger partial charge in [0, 0.05) is 18.2 Å². The lowest BCUT2D eigenvalue weighted by Crippen LogP contribution is -1.90. The standard InChI is InChI=1S/C19H15N3O2.ClH/c23-15-8-6-14(7-9-15)17-12-22-18(11-20-17)21-16(19(22)24)10-13-4-2-1-3-5-13;/h1-9,11-12,23-24H,10H2;1H. The third-order valence-electron chi connectivity index (χ3n) is 3.93. The summed E-state index contributed by atoms with van der Waals surface area (Å²) in [7, 11) is 0. The number of hydrogen-bond acceptors (Lipinski definition) is 4. The van der Waals surface area contributed by atoms with Crippen LogP contribution in [-0.2, 0) is 6.42 Å². The van der Waals surface area contributed by atoms with Crippen LogP contribution in [0.2, 0.25) is 0 Å². The monoisotopic (exact) mass is 353 g/mol. The Kier molecular flexibility index (Phi) is 4.59. The van der Waals surface area contributed by atoms with Crippen LogP contribution in [0.25, 0.3) is 16.9 Å². The van der Waals surface area contributed by atoms with E-state index in [9.17, 15) is 10.2 Å².